The van der Waals surface area contributed by atoms with Crippen molar-refractivity contribution >= 4 is 9.05 Å². The summed E-state index contributed by atoms with van der Waals surface area (Å²) in [5.41, 5.74) is 0. The molecule has 88 valence electrons. The molecule has 0 rings (SSSR count). The smallest absolute Gasteiger partial charge is 0.396 e. The van der Waals surface area contributed by atoms with Gasteiger partial charge in [-0.3, -0.25) is 0 Å². The predicted octanol–water partition coefficient (Wildman–Crippen LogP) is -1.16. The lowest BCUT2D eigenvalue weighted by atomic mass is 10.2. The molecule has 0 atom stereocenters. The standard InChI is InChI=1S/C5H12O2.C2H8O4Si/c6-4-2-1-3-5-7;1-5-7(3,4)6-2/h6-7H,1-5H2;3-4H,1-2H3. The van der Waals surface area contributed by atoms with E-state index in [1.54, 1.807) is 0 Å². The van der Waals surface area contributed by atoms with Crippen LogP contribution >= 0.6 is 0 Å². The van der Waals surface area contributed by atoms with Gasteiger partial charge in [0, 0.05) is 27.4 Å². The third-order valence-corrected chi connectivity index (χ3v) is 2.41. The summed E-state index contributed by atoms with van der Waals surface area (Å²) < 4.78 is 8.23. The van der Waals surface area contributed by atoms with E-state index in [0.717, 1.165) is 19.3 Å². The van der Waals surface area contributed by atoms with Gasteiger partial charge in [0.15, 0.2) is 0 Å². The first-order valence-corrected chi connectivity index (χ1v) is 6.02. The van der Waals surface area contributed by atoms with E-state index in [0.29, 0.717) is 0 Å². The van der Waals surface area contributed by atoms with Gasteiger partial charge in [0.25, 0.3) is 0 Å². The molecule has 0 aliphatic carbocycles. The predicted molar refractivity (Wildman–Crippen MR) is 52.2 cm³/mol. The molecule has 0 aliphatic rings. The highest BCUT2D eigenvalue weighted by Crippen LogP contribution is 1.90. The molecular formula is C7H20O6Si. The van der Waals surface area contributed by atoms with E-state index >= 15 is 0 Å². The molecule has 0 amide bonds. The van der Waals surface area contributed by atoms with Gasteiger partial charge in [-0.05, 0) is 19.3 Å². The summed E-state index contributed by atoms with van der Waals surface area (Å²) in [6.07, 6.45) is 2.58. The van der Waals surface area contributed by atoms with Gasteiger partial charge in [-0.15, -0.1) is 0 Å². The Hall–Kier alpha value is -0.0231. The van der Waals surface area contributed by atoms with Gasteiger partial charge in [0.05, 0.1) is 0 Å². The van der Waals surface area contributed by atoms with Crippen molar-refractivity contribution in [2.75, 3.05) is 27.4 Å². The van der Waals surface area contributed by atoms with Gasteiger partial charge in [-0.2, -0.15) is 0 Å². The second kappa shape index (κ2) is 11.1. The van der Waals surface area contributed by atoms with Crippen molar-refractivity contribution in [2.45, 2.75) is 19.3 Å². The van der Waals surface area contributed by atoms with Gasteiger partial charge in [-0.1, -0.05) is 0 Å². The lowest BCUT2D eigenvalue weighted by Crippen LogP contribution is -2.40. The van der Waals surface area contributed by atoms with Crippen LogP contribution < -0.4 is 0 Å². The monoisotopic (exact) mass is 228 g/mol. The Morgan fingerprint density at radius 3 is 1.36 bits per heavy atom. The van der Waals surface area contributed by atoms with Crippen LogP contribution in [0.1, 0.15) is 19.3 Å². The maximum absolute atomic E-state index is 8.38. The number of unbranched alkanes of at least 4 members (excludes halogenated alkanes) is 2. The molecule has 0 saturated heterocycles. The first-order valence-electron chi connectivity index (χ1n) is 4.30. The molecule has 4 N–H and O–H groups in total. The topological polar surface area (TPSA) is 99.4 Å². The van der Waals surface area contributed by atoms with Gasteiger partial charge in [0.2, 0.25) is 0 Å². The maximum atomic E-state index is 8.38. The summed E-state index contributed by atoms with van der Waals surface area (Å²) in [6, 6.07) is 0. The highest BCUT2D eigenvalue weighted by atomic mass is 28.4. The van der Waals surface area contributed by atoms with E-state index < -0.39 is 9.05 Å². The first kappa shape index (κ1) is 16.4. The lowest BCUT2D eigenvalue weighted by Gasteiger charge is -2.08. The van der Waals surface area contributed by atoms with E-state index in [-0.39, 0.29) is 13.2 Å². The third kappa shape index (κ3) is 14.5. The van der Waals surface area contributed by atoms with Crippen molar-refractivity contribution in [2.24, 2.45) is 0 Å². The van der Waals surface area contributed by atoms with Crippen molar-refractivity contribution in [1.29, 1.82) is 0 Å². The number of hydrogen-bond acceptors (Lipinski definition) is 6. The van der Waals surface area contributed by atoms with Gasteiger partial charge >= 0.3 is 9.05 Å². The summed E-state index contributed by atoms with van der Waals surface area (Å²) in [5.74, 6) is 0. The molecule has 0 aromatic rings. The zero-order chi connectivity index (χ0) is 11.4. The molecule has 0 radical (unpaired) electrons. The minimum absolute atomic E-state index is 0.250. The second-order valence-electron chi connectivity index (χ2n) is 2.46. The van der Waals surface area contributed by atoms with E-state index in [2.05, 4.69) is 8.85 Å². The number of aliphatic hydroxyl groups is 2. The van der Waals surface area contributed by atoms with E-state index in [1.165, 1.54) is 14.2 Å². The summed E-state index contributed by atoms with van der Waals surface area (Å²) in [7, 11) is -1.30. The Kier molecular flexibility index (Phi) is 13.0. The molecule has 0 bridgehead atoms. The molecule has 0 spiro atoms. The minimum Gasteiger partial charge on any atom is -0.396 e. The molecule has 0 fully saturated rings. The average molecular weight is 228 g/mol. The lowest BCUT2D eigenvalue weighted by molar-refractivity contribution is 0.0634. The van der Waals surface area contributed by atoms with Crippen LogP contribution in [0.15, 0.2) is 0 Å². The number of rotatable bonds is 6. The normalized spacial score (nSPS) is 10.7. The molecular weight excluding hydrogens is 208 g/mol. The van der Waals surface area contributed by atoms with E-state index in [1.807, 2.05) is 0 Å². The van der Waals surface area contributed by atoms with Gasteiger partial charge in [-0.25, -0.2) is 0 Å². The molecule has 0 aliphatic heterocycles. The fourth-order valence-electron chi connectivity index (χ4n) is 0.484. The van der Waals surface area contributed by atoms with E-state index in [4.69, 9.17) is 19.8 Å². The van der Waals surface area contributed by atoms with Crippen molar-refractivity contribution in [3.05, 3.63) is 0 Å². The SMILES string of the molecule is CO[Si](O)(O)OC.OCCCCCO. The Labute approximate surface area is 85.2 Å². The fraction of sp³-hybridized carbons (Fsp3) is 1.00. The second-order valence-corrected chi connectivity index (χ2v) is 4.38. The molecule has 0 unspecified atom stereocenters. The van der Waals surface area contributed by atoms with Crippen LogP contribution in [0.2, 0.25) is 0 Å². The Morgan fingerprint density at radius 2 is 1.21 bits per heavy atom. The molecule has 0 aromatic carbocycles. The number of aliphatic hydroxyl groups excluding tert-OH is 2. The van der Waals surface area contributed by atoms with Gasteiger partial charge in [0.1, 0.15) is 0 Å². The third-order valence-electron chi connectivity index (χ3n) is 1.35. The first-order chi connectivity index (χ1) is 6.54. The average Bonchev–Trinajstić information content (AvgIpc) is 2.20. The van der Waals surface area contributed by atoms with Crippen molar-refractivity contribution in [3.63, 3.8) is 0 Å². The van der Waals surface area contributed by atoms with Crippen molar-refractivity contribution in [3.8, 4) is 0 Å². The molecule has 0 heterocycles. The quantitative estimate of drug-likeness (QED) is 0.338. The van der Waals surface area contributed by atoms with Crippen molar-refractivity contribution in [1.82, 2.24) is 0 Å². The van der Waals surface area contributed by atoms with Crippen LogP contribution in [0.25, 0.3) is 0 Å². The maximum Gasteiger partial charge on any atom is 0.673 e. The summed E-state index contributed by atoms with van der Waals surface area (Å²) in [5, 5.41) is 16.4. The largest absolute Gasteiger partial charge is 0.673 e. The van der Waals surface area contributed by atoms with Crippen LogP contribution in [0.5, 0.6) is 0 Å². The fourth-order valence-corrected chi connectivity index (χ4v) is 0.650. The zero-order valence-corrected chi connectivity index (χ0v) is 9.64. The van der Waals surface area contributed by atoms with Crippen LogP contribution in [-0.2, 0) is 8.85 Å². The zero-order valence-electron chi connectivity index (χ0n) is 8.64. The van der Waals surface area contributed by atoms with E-state index in [9.17, 15) is 0 Å². The summed E-state index contributed by atoms with van der Waals surface area (Å²) in [6.45, 7) is 0.500. The summed E-state index contributed by atoms with van der Waals surface area (Å²) in [4.78, 5) is 16.8. The number of hydrogen-bond donors (Lipinski definition) is 4. The van der Waals surface area contributed by atoms with Crippen LogP contribution in [-0.4, -0.2) is 56.3 Å². The molecule has 14 heavy (non-hydrogen) atoms. The molecule has 0 saturated carbocycles. The van der Waals surface area contributed by atoms with Crippen LogP contribution in [0.3, 0.4) is 0 Å². The molecule has 0 aromatic heterocycles. The molecule has 7 heteroatoms. The van der Waals surface area contributed by atoms with Crippen molar-refractivity contribution < 1.29 is 28.7 Å². The Morgan fingerprint density at radius 1 is 0.857 bits per heavy atom. The summed E-state index contributed by atoms with van der Waals surface area (Å²) >= 11 is 0. The van der Waals surface area contributed by atoms with Crippen LogP contribution in [0, 0.1) is 0 Å². The minimum atomic E-state index is -3.65. The highest BCUT2D eigenvalue weighted by Gasteiger charge is 2.32. The molecule has 6 nitrogen and oxygen atoms in total. The highest BCUT2D eigenvalue weighted by molar-refractivity contribution is 6.50. The Balaban J connectivity index is 0. The van der Waals surface area contributed by atoms with Crippen LogP contribution in [0.4, 0.5) is 0 Å². The van der Waals surface area contributed by atoms with Gasteiger partial charge < -0.3 is 28.7 Å². The Bertz CT molecular complexity index is 100.